The molecule has 1 aliphatic rings. The van der Waals surface area contributed by atoms with E-state index in [1.54, 1.807) is 11.3 Å². The van der Waals surface area contributed by atoms with Gasteiger partial charge in [-0.05, 0) is 35.2 Å². The Morgan fingerprint density at radius 1 is 1.18 bits per heavy atom. The molecule has 2 heterocycles. The van der Waals surface area contributed by atoms with Crippen LogP contribution in [0.2, 0.25) is 0 Å². The molecule has 0 bridgehead atoms. The van der Waals surface area contributed by atoms with Gasteiger partial charge in [0.1, 0.15) is 18.5 Å². The first kappa shape index (κ1) is 21.6. The number of benzene rings is 1. The Hall–Kier alpha value is -2.68. The van der Waals surface area contributed by atoms with Gasteiger partial charge < -0.3 is 34.6 Å². The van der Waals surface area contributed by atoms with E-state index in [2.05, 4.69) is 35.0 Å². The quantitative estimate of drug-likeness (QED) is 0.635. The molecule has 0 saturated carbocycles. The number of ether oxygens (including phenoxy) is 2. The van der Waals surface area contributed by atoms with Crippen LogP contribution >= 0.6 is 11.3 Å². The fourth-order valence-corrected chi connectivity index (χ4v) is 3.17. The van der Waals surface area contributed by atoms with Crippen LogP contribution in [0.15, 0.2) is 53.9 Å². The van der Waals surface area contributed by atoms with E-state index in [1.807, 2.05) is 12.1 Å². The smallest absolute Gasteiger partial charge is 0.122 e. The van der Waals surface area contributed by atoms with Gasteiger partial charge in [0.2, 0.25) is 0 Å². The van der Waals surface area contributed by atoms with Crippen LogP contribution in [0.1, 0.15) is 10.4 Å². The third-order valence-electron chi connectivity index (χ3n) is 3.70. The second-order valence-corrected chi connectivity index (χ2v) is 6.88. The molecule has 150 valence electrons. The predicted molar refractivity (Wildman–Crippen MR) is 101 cm³/mol. The highest BCUT2D eigenvalue weighted by Gasteiger charge is 2.14. The number of hydrogen-bond acceptors (Lipinski definition) is 8. The molecule has 1 saturated heterocycles. The van der Waals surface area contributed by atoms with E-state index < -0.39 is 11.9 Å². The van der Waals surface area contributed by atoms with Crippen molar-refractivity contribution >= 4 is 23.3 Å². The van der Waals surface area contributed by atoms with Crippen molar-refractivity contribution in [3.8, 4) is 5.75 Å². The summed E-state index contributed by atoms with van der Waals surface area (Å²) in [6, 6.07) is 12.5. The van der Waals surface area contributed by atoms with Crippen molar-refractivity contribution < 1.29 is 29.3 Å². The molecule has 7 nitrogen and oxygen atoms in total. The lowest BCUT2D eigenvalue weighted by Crippen LogP contribution is -2.41. The second kappa shape index (κ2) is 11.9. The lowest BCUT2D eigenvalue weighted by molar-refractivity contribution is -0.301. The fourth-order valence-electron chi connectivity index (χ4n) is 2.44. The average Bonchev–Trinajstić information content (AvgIpc) is 3.20. The summed E-state index contributed by atoms with van der Waals surface area (Å²) < 4.78 is 11.6. The standard InChI is InChI=1S/C16H19NO2S.C4H4O4/c1-2-6-16(19-12-14-11-17-7-8-18-14)13(4-1)10-15-5-3-9-20-15;5-3(6)1-2-4(7)8/h1-6,9,14,17H,7-8,10-12H2;1-2H,(H,5,6)(H,7,8)/p-2/b;2-1-. The minimum absolute atomic E-state index is 0.151. The Balaban J connectivity index is 0.000000300. The van der Waals surface area contributed by atoms with E-state index in [-0.39, 0.29) is 6.10 Å². The maximum absolute atomic E-state index is 9.41. The van der Waals surface area contributed by atoms with Gasteiger partial charge in [0.15, 0.2) is 0 Å². The highest BCUT2D eigenvalue weighted by Crippen LogP contribution is 2.23. The number of carbonyl (C=O) groups excluding carboxylic acids is 2. The molecule has 28 heavy (non-hydrogen) atoms. The molecule has 1 aromatic heterocycles. The van der Waals surface area contributed by atoms with Crippen molar-refractivity contribution in [3.05, 3.63) is 64.4 Å². The van der Waals surface area contributed by atoms with Crippen LogP contribution in [-0.4, -0.2) is 44.3 Å². The molecule has 1 aromatic carbocycles. The summed E-state index contributed by atoms with van der Waals surface area (Å²) in [5.41, 5.74) is 1.23. The van der Waals surface area contributed by atoms with Crippen molar-refractivity contribution in [1.29, 1.82) is 0 Å². The van der Waals surface area contributed by atoms with E-state index >= 15 is 0 Å². The van der Waals surface area contributed by atoms with Gasteiger partial charge in [0.05, 0.1) is 18.5 Å². The van der Waals surface area contributed by atoms with Gasteiger partial charge in [-0.15, -0.1) is 11.3 Å². The molecule has 2 aromatic rings. The zero-order valence-corrected chi connectivity index (χ0v) is 16.0. The molecule has 0 amide bonds. The van der Waals surface area contributed by atoms with Crippen LogP contribution in [0.4, 0.5) is 0 Å². The van der Waals surface area contributed by atoms with E-state index in [9.17, 15) is 19.8 Å². The molecule has 1 N–H and O–H groups in total. The highest BCUT2D eigenvalue weighted by molar-refractivity contribution is 7.09. The number of carboxylic acids is 2. The number of morpholine rings is 1. The first-order valence-corrected chi connectivity index (χ1v) is 9.58. The van der Waals surface area contributed by atoms with Crippen LogP contribution < -0.4 is 20.3 Å². The third kappa shape index (κ3) is 8.34. The van der Waals surface area contributed by atoms with Crippen molar-refractivity contribution in [2.24, 2.45) is 0 Å². The molecule has 1 fully saturated rings. The molecule has 8 heteroatoms. The Kier molecular flexibility index (Phi) is 9.20. The normalized spacial score (nSPS) is 16.2. The molecular weight excluding hydrogens is 382 g/mol. The summed E-state index contributed by atoms with van der Waals surface area (Å²) in [5.74, 6) is -2.13. The van der Waals surface area contributed by atoms with Crippen LogP contribution in [0, 0.1) is 0 Å². The summed E-state index contributed by atoms with van der Waals surface area (Å²) in [4.78, 5) is 20.2. The zero-order valence-electron chi connectivity index (χ0n) is 15.2. The maximum atomic E-state index is 9.41. The largest absolute Gasteiger partial charge is 0.545 e. The van der Waals surface area contributed by atoms with Gasteiger partial charge in [-0.25, -0.2) is 0 Å². The fraction of sp³-hybridized carbons (Fsp3) is 0.300. The Morgan fingerprint density at radius 3 is 2.54 bits per heavy atom. The van der Waals surface area contributed by atoms with Crippen LogP contribution in [-0.2, 0) is 20.7 Å². The Morgan fingerprint density at radius 2 is 1.93 bits per heavy atom. The van der Waals surface area contributed by atoms with Crippen LogP contribution in [0.5, 0.6) is 5.75 Å². The summed E-state index contributed by atoms with van der Waals surface area (Å²) in [7, 11) is 0. The summed E-state index contributed by atoms with van der Waals surface area (Å²) in [6.07, 6.45) is 1.85. The molecule has 3 rings (SSSR count). The molecule has 0 radical (unpaired) electrons. The lowest BCUT2D eigenvalue weighted by Gasteiger charge is -2.24. The first-order chi connectivity index (χ1) is 13.5. The van der Waals surface area contributed by atoms with Gasteiger partial charge in [-0.1, -0.05) is 24.3 Å². The van der Waals surface area contributed by atoms with Crippen LogP contribution in [0.3, 0.4) is 0 Å². The van der Waals surface area contributed by atoms with E-state index in [4.69, 9.17) is 9.47 Å². The van der Waals surface area contributed by atoms with Gasteiger partial charge in [-0.2, -0.15) is 0 Å². The van der Waals surface area contributed by atoms with Crippen molar-refractivity contribution in [1.82, 2.24) is 5.32 Å². The number of thiophene rings is 1. The third-order valence-corrected chi connectivity index (χ3v) is 4.58. The average molecular weight is 403 g/mol. The Labute approximate surface area is 167 Å². The van der Waals surface area contributed by atoms with Gasteiger partial charge in [0.25, 0.3) is 0 Å². The van der Waals surface area contributed by atoms with Gasteiger partial charge in [-0.3, -0.25) is 0 Å². The monoisotopic (exact) mass is 403 g/mol. The second-order valence-electron chi connectivity index (χ2n) is 5.84. The molecule has 0 aliphatic carbocycles. The van der Waals surface area contributed by atoms with E-state index in [0.29, 0.717) is 18.8 Å². The number of carbonyl (C=O) groups is 2. The number of hydrogen-bond donors (Lipinski definition) is 1. The topological polar surface area (TPSA) is 111 Å². The van der Waals surface area contributed by atoms with Crippen molar-refractivity contribution in [3.63, 3.8) is 0 Å². The molecule has 1 aliphatic heterocycles. The predicted octanol–water partition coefficient (Wildman–Crippen LogP) is -0.251. The summed E-state index contributed by atoms with van der Waals surface area (Å²) in [5, 5.41) is 24.3. The van der Waals surface area contributed by atoms with Gasteiger partial charge >= 0.3 is 0 Å². The zero-order chi connectivity index (χ0) is 20.2. The van der Waals surface area contributed by atoms with E-state index in [0.717, 1.165) is 31.9 Å². The van der Waals surface area contributed by atoms with Gasteiger partial charge in [0, 0.05) is 24.4 Å². The Bertz CT molecular complexity index is 753. The van der Waals surface area contributed by atoms with Crippen LogP contribution in [0.25, 0.3) is 0 Å². The minimum atomic E-state index is -1.55. The summed E-state index contributed by atoms with van der Waals surface area (Å²) in [6.45, 7) is 3.18. The first-order valence-electron chi connectivity index (χ1n) is 8.70. The highest BCUT2D eigenvalue weighted by atomic mass is 32.1. The van der Waals surface area contributed by atoms with E-state index in [1.165, 1.54) is 10.4 Å². The number of aliphatic carboxylic acids is 2. The number of nitrogens with one attached hydrogen (secondary N) is 1. The molecule has 1 unspecified atom stereocenters. The number of rotatable bonds is 7. The SMILES string of the molecule is O=C([O-])/C=C\C(=O)[O-].c1csc(Cc2ccccc2OCC2CNCCO2)c1. The number of carboxylic acid groups (broad SMARTS) is 2. The molecule has 0 spiro atoms. The molecule has 1 atom stereocenters. The maximum Gasteiger partial charge on any atom is 0.122 e. The van der Waals surface area contributed by atoms with Crippen molar-refractivity contribution in [2.75, 3.05) is 26.3 Å². The number of para-hydroxylation sites is 1. The molecular formula is C20H21NO6S-2. The van der Waals surface area contributed by atoms with Crippen molar-refractivity contribution in [2.45, 2.75) is 12.5 Å². The lowest BCUT2D eigenvalue weighted by atomic mass is 10.1. The summed E-state index contributed by atoms with van der Waals surface area (Å²) >= 11 is 1.78. The minimum Gasteiger partial charge on any atom is -0.545 e.